The number of para-hydroxylation sites is 1. The van der Waals surface area contributed by atoms with Gasteiger partial charge in [-0.1, -0.05) is 31.5 Å². The molecule has 19 heavy (non-hydrogen) atoms. The van der Waals surface area contributed by atoms with E-state index in [1.54, 1.807) is 7.11 Å². The van der Waals surface area contributed by atoms with Gasteiger partial charge in [0.2, 0.25) is 5.91 Å². The van der Waals surface area contributed by atoms with Crippen molar-refractivity contribution in [3.8, 4) is 0 Å². The van der Waals surface area contributed by atoms with E-state index in [-0.39, 0.29) is 30.8 Å². The van der Waals surface area contributed by atoms with E-state index in [0.717, 1.165) is 24.1 Å². The van der Waals surface area contributed by atoms with E-state index in [4.69, 9.17) is 10.5 Å². The maximum atomic E-state index is 11.9. The molecule has 5 heteroatoms. The number of rotatable bonds is 7. The SMILES string of the molecule is CCCc1ccccc1NC(=O)CC(CN)OC.Cl. The molecule has 108 valence electrons. The van der Waals surface area contributed by atoms with Gasteiger partial charge >= 0.3 is 0 Å². The van der Waals surface area contributed by atoms with Crippen molar-refractivity contribution in [3.05, 3.63) is 29.8 Å². The van der Waals surface area contributed by atoms with Gasteiger partial charge in [0.15, 0.2) is 0 Å². The lowest BCUT2D eigenvalue weighted by Crippen LogP contribution is -2.28. The average Bonchev–Trinajstić information content (AvgIpc) is 2.38. The first-order valence-electron chi connectivity index (χ1n) is 6.31. The van der Waals surface area contributed by atoms with Crippen LogP contribution in [0.4, 0.5) is 5.69 Å². The predicted octanol–water partition coefficient (Wildman–Crippen LogP) is 2.36. The molecule has 0 bridgehead atoms. The van der Waals surface area contributed by atoms with Gasteiger partial charge in [-0.2, -0.15) is 0 Å². The first-order chi connectivity index (χ1) is 8.71. The molecule has 1 atom stereocenters. The zero-order valence-electron chi connectivity index (χ0n) is 11.5. The Hall–Kier alpha value is -1.10. The van der Waals surface area contributed by atoms with Crippen LogP contribution in [0.15, 0.2) is 24.3 Å². The maximum Gasteiger partial charge on any atom is 0.227 e. The van der Waals surface area contributed by atoms with E-state index >= 15 is 0 Å². The zero-order chi connectivity index (χ0) is 13.4. The van der Waals surface area contributed by atoms with E-state index in [1.807, 2.05) is 24.3 Å². The lowest BCUT2D eigenvalue weighted by molar-refractivity contribution is -0.118. The summed E-state index contributed by atoms with van der Waals surface area (Å²) < 4.78 is 5.10. The zero-order valence-corrected chi connectivity index (χ0v) is 12.3. The van der Waals surface area contributed by atoms with Crippen molar-refractivity contribution in [2.75, 3.05) is 19.0 Å². The van der Waals surface area contributed by atoms with Crippen LogP contribution in [-0.4, -0.2) is 25.7 Å². The highest BCUT2D eigenvalue weighted by molar-refractivity contribution is 5.91. The monoisotopic (exact) mass is 286 g/mol. The van der Waals surface area contributed by atoms with Gasteiger partial charge in [0.1, 0.15) is 0 Å². The highest BCUT2D eigenvalue weighted by Crippen LogP contribution is 2.17. The summed E-state index contributed by atoms with van der Waals surface area (Å²) in [4.78, 5) is 11.9. The Morgan fingerprint density at radius 1 is 1.42 bits per heavy atom. The molecular weight excluding hydrogens is 264 g/mol. The third-order valence-electron chi connectivity index (χ3n) is 2.82. The number of anilines is 1. The molecule has 1 aromatic carbocycles. The Balaban J connectivity index is 0.00000324. The highest BCUT2D eigenvalue weighted by Gasteiger charge is 2.12. The molecule has 0 spiro atoms. The van der Waals surface area contributed by atoms with Crippen molar-refractivity contribution in [1.29, 1.82) is 0 Å². The van der Waals surface area contributed by atoms with Crippen molar-refractivity contribution >= 4 is 24.0 Å². The Morgan fingerprint density at radius 2 is 2.11 bits per heavy atom. The van der Waals surface area contributed by atoms with Gasteiger partial charge in [-0.05, 0) is 18.1 Å². The van der Waals surface area contributed by atoms with E-state index in [1.165, 1.54) is 0 Å². The number of carbonyl (C=O) groups is 1. The maximum absolute atomic E-state index is 11.9. The standard InChI is InChI=1S/C14H22N2O2.ClH/c1-3-6-11-7-4-5-8-13(11)16-14(17)9-12(10-15)18-2;/h4-5,7-8,12H,3,6,9-10,15H2,1-2H3,(H,16,17);1H. The van der Waals surface area contributed by atoms with Crippen LogP contribution in [0.25, 0.3) is 0 Å². The summed E-state index contributed by atoms with van der Waals surface area (Å²) in [7, 11) is 1.57. The fraction of sp³-hybridized carbons (Fsp3) is 0.500. The van der Waals surface area contributed by atoms with Crippen LogP contribution in [0, 0.1) is 0 Å². The average molecular weight is 287 g/mol. The minimum absolute atomic E-state index is 0. The summed E-state index contributed by atoms with van der Waals surface area (Å²) >= 11 is 0. The van der Waals surface area contributed by atoms with E-state index in [0.29, 0.717) is 6.54 Å². The molecule has 0 aliphatic heterocycles. The number of ether oxygens (including phenoxy) is 1. The lowest BCUT2D eigenvalue weighted by atomic mass is 10.1. The number of carbonyl (C=O) groups excluding carboxylic acids is 1. The summed E-state index contributed by atoms with van der Waals surface area (Å²) in [6.45, 7) is 2.47. The molecule has 0 heterocycles. The molecule has 0 aliphatic rings. The Kier molecular flexibility index (Phi) is 9.21. The number of hydrogen-bond acceptors (Lipinski definition) is 3. The number of benzene rings is 1. The Labute approximate surface area is 121 Å². The quantitative estimate of drug-likeness (QED) is 0.809. The molecule has 1 rings (SSSR count). The molecule has 1 aromatic rings. The summed E-state index contributed by atoms with van der Waals surface area (Å²) in [5, 5.41) is 2.92. The number of nitrogens with one attached hydrogen (secondary N) is 1. The molecule has 1 unspecified atom stereocenters. The molecule has 0 fully saturated rings. The van der Waals surface area contributed by atoms with Gasteiger partial charge in [-0.15, -0.1) is 12.4 Å². The van der Waals surface area contributed by atoms with E-state index < -0.39 is 0 Å². The third-order valence-corrected chi connectivity index (χ3v) is 2.82. The number of hydrogen-bond donors (Lipinski definition) is 2. The minimum atomic E-state index is -0.219. The van der Waals surface area contributed by atoms with Gasteiger partial charge in [-0.25, -0.2) is 0 Å². The van der Waals surface area contributed by atoms with Crippen molar-refractivity contribution < 1.29 is 9.53 Å². The second-order valence-electron chi connectivity index (χ2n) is 4.25. The van der Waals surface area contributed by atoms with Crippen molar-refractivity contribution in [2.24, 2.45) is 5.73 Å². The number of amides is 1. The molecule has 4 nitrogen and oxygen atoms in total. The van der Waals surface area contributed by atoms with Crippen LogP contribution in [0.3, 0.4) is 0 Å². The molecule has 3 N–H and O–H groups in total. The fourth-order valence-corrected chi connectivity index (χ4v) is 1.80. The summed E-state index contributed by atoms with van der Waals surface area (Å²) in [5.41, 5.74) is 7.55. The van der Waals surface area contributed by atoms with Gasteiger partial charge in [-0.3, -0.25) is 4.79 Å². The minimum Gasteiger partial charge on any atom is -0.380 e. The molecule has 0 aromatic heterocycles. The molecule has 0 saturated heterocycles. The number of methoxy groups -OCH3 is 1. The molecule has 1 amide bonds. The fourth-order valence-electron chi connectivity index (χ4n) is 1.80. The third kappa shape index (κ3) is 6.05. The number of halogens is 1. The number of nitrogens with two attached hydrogens (primary N) is 1. The van der Waals surface area contributed by atoms with Crippen molar-refractivity contribution in [2.45, 2.75) is 32.3 Å². The highest BCUT2D eigenvalue weighted by atomic mass is 35.5. The molecule has 0 aliphatic carbocycles. The first-order valence-corrected chi connectivity index (χ1v) is 6.31. The van der Waals surface area contributed by atoms with Crippen molar-refractivity contribution in [1.82, 2.24) is 0 Å². The van der Waals surface area contributed by atoms with Crippen LogP contribution in [-0.2, 0) is 16.0 Å². The van der Waals surface area contributed by atoms with Crippen LogP contribution >= 0.6 is 12.4 Å². The van der Waals surface area contributed by atoms with E-state index in [9.17, 15) is 4.79 Å². The number of aryl methyl sites for hydroxylation is 1. The van der Waals surface area contributed by atoms with Gasteiger partial charge in [0.05, 0.1) is 12.5 Å². The lowest BCUT2D eigenvalue weighted by Gasteiger charge is -2.14. The van der Waals surface area contributed by atoms with Crippen LogP contribution in [0.5, 0.6) is 0 Å². The first kappa shape index (κ1) is 17.9. The molecular formula is C14H23ClN2O2. The summed E-state index contributed by atoms with van der Waals surface area (Å²) in [6.07, 6.45) is 2.08. The smallest absolute Gasteiger partial charge is 0.227 e. The van der Waals surface area contributed by atoms with Crippen LogP contribution in [0.2, 0.25) is 0 Å². The Bertz CT molecular complexity index is 381. The van der Waals surface area contributed by atoms with E-state index in [2.05, 4.69) is 12.2 Å². The van der Waals surface area contributed by atoms with Crippen LogP contribution in [0.1, 0.15) is 25.3 Å². The molecule has 0 saturated carbocycles. The van der Waals surface area contributed by atoms with Gasteiger partial charge in [0, 0.05) is 19.3 Å². The Morgan fingerprint density at radius 3 is 2.68 bits per heavy atom. The van der Waals surface area contributed by atoms with Gasteiger partial charge < -0.3 is 15.8 Å². The molecule has 0 radical (unpaired) electrons. The van der Waals surface area contributed by atoms with Gasteiger partial charge in [0.25, 0.3) is 0 Å². The van der Waals surface area contributed by atoms with Crippen molar-refractivity contribution in [3.63, 3.8) is 0 Å². The largest absolute Gasteiger partial charge is 0.380 e. The van der Waals surface area contributed by atoms with Crippen LogP contribution < -0.4 is 11.1 Å². The second-order valence-corrected chi connectivity index (χ2v) is 4.25. The predicted molar refractivity (Wildman–Crippen MR) is 80.8 cm³/mol. The summed E-state index contributed by atoms with van der Waals surface area (Å²) in [5.74, 6) is -0.0594. The summed E-state index contributed by atoms with van der Waals surface area (Å²) in [6, 6.07) is 7.87. The topological polar surface area (TPSA) is 64.4 Å². The normalized spacial score (nSPS) is 11.5. The second kappa shape index (κ2) is 9.78.